The average Bonchev–Trinajstić information content (AvgIpc) is 2.90. The number of hydrogen-bond donors (Lipinski definition) is 2. The third kappa shape index (κ3) is 3.66. The summed E-state index contributed by atoms with van der Waals surface area (Å²) in [5, 5.41) is 2.46. The van der Waals surface area contributed by atoms with Gasteiger partial charge < -0.3 is 14.6 Å². The first-order valence-corrected chi connectivity index (χ1v) is 10.1. The van der Waals surface area contributed by atoms with Crippen molar-refractivity contribution in [3.63, 3.8) is 0 Å². The fourth-order valence-electron chi connectivity index (χ4n) is 2.96. The topological polar surface area (TPSA) is 85.2 Å². The smallest absolute Gasteiger partial charge is 0.251 e. The van der Waals surface area contributed by atoms with E-state index in [9.17, 15) is 4.79 Å². The summed E-state index contributed by atoms with van der Waals surface area (Å²) in [7, 11) is 0. The van der Waals surface area contributed by atoms with Crippen molar-refractivity contribution in [1.82, 2.24) is 19.9 Å². The van der Waals surface area contributed by atoms with Gasteiger partial charge in [-0.2, -0.15) is 0 Å². The number of morpholine rings is 1. The molecule has 0 aliphatic carbocycles. The number of quaternary nitrogens is 1. The third-order valence-electron chi connectivity index (χ3n) is 4.49. The fourth-order valence-corrected chi connectivity index (χ4v) is 5.03. The third-order valence-corrected chi connectivity index (χ3v) is 6.48. The molecule has 1 aliphatic rings. The predicted molar refractivity (Wildman–Crippen MR) is 101 cm³/mol. The molecule has 1 aliphatic heterocycles. The molecule has 0 atom stereocenters. The molecule has 3 aromatic rings. The summed E-state index contributed by atoms with van der Waals surface area (Å²) in [6.45, 7) is 8.49. The van der Waals surface area contributed by atoms with Crippen LogP contribution in [0, 0.1) is 13.8 Å². The van der Waals surface area contributed by atoms with E-state index in [0.717, 1.165) is 53.9 Å². The number of aromatic nitrogens is 4. The zero-order valence-corrected chi connectivity index (χ0v) is 16.3. The van der Waals surface area contributed by atoms with Gasteiger partial charge in [0, 0.05) is 22.5 Å². The largest absolute Gasteiger partial charge is 0.370 e. The maximum absolute atomic E-state index is 11.6. The van der Waals surface area contributed by atoms with E-state index in [-0.39, 0.29) is 5.56 Å². The molecule has 3 aromatic heterocycles. The molecule has 0 saturated carbocycles. The molecule has 2 N–H and O–H groups in total. The molecule has 0 unspecified atom stereocenters. The van der Waals surface area contributed by atoms with Crippen molar-refractivity contribution in [2.45, 2.75) is 30.6 Å². The molecule has 0 spiro atoms. The van der Waals surface area contributed by atoms with Crippen molar-refractivity contribution >= 4 is 33.3 Å². The highest BCUT2D eigenvalue weighted by Crippen LogP contribution is 2.36. The Morgan fingerprint density at radius 3 is 2.88 bits per heavy atom. The molecule has 4 heterocycles. The minimum absolute atomic E-state index is 0.163. The molecule has 4 rings (SSSR count). The normalized spacial score (nSPS) is 15.6. The molecular formula is C17H20N5O2S2+. The highest BCUT2D eigenvalue weighted by atomic mass is 32.2. The number of hydrogen-bond acceptors (Lipinski definition) is 7. The Kier molecular flexibility index (Phi) is 5.03. The van der Waals surface area contributed by atoms with Crippen molar-refractivity contribution in [3.8, 4) is 0 Å². The van der Waals surface area contributed by atoms with Crippen LogP contribution in [-0.4, -0.2) is 46.2 Å². The Morgan fingerprint density at radius 2 is 2.12 bits per heavy atom. The van der Waals surface area contributed by atoms with Crippen LogP contribution in [0.3, 0.4) is 0 Å². The van der Waals surface area contributed by atoms with E-state index in [1.807, 2.05) is 0 Å². The van der Waals surface area contributed by atoms with Crippen LogP contribution in [0.5, 0.6) is 0 Å². The van der Waals surface area contributed by atoms with E-state index in [1.54, 1.807) is 11.3 Å². The maximum atomic E-state index is 11.6. The average molecular weight is 391 g/mol. The SMILES string of the molecule is Cc1sc2nc(C[NH+]3CCOCC3)nc(Sc3nccc(=O)[nH]3)c2c1C. The molecule has 1 saturated heterocycles. The van der Waals surface area contributed by atoms with Crippen molar-refractivity contribution in [3.05, 3.63) is 38.9 Å². The summed E-state index contributed by atoms with van der Waals surface area (Å²) >= 11 is 3.08. The van der Waals surface area contributed by atoms with Crippen LogP contribution in [0.4, 0.5) is 0 Å². The van der Waals surface area contributed by atoms with Crippen LogP contribution in [0.2, 0.25) is 0 Å². The monoisotopic (exact) mass is 390 g/mol. The van der Waals surface area contributed by atoms with Gasteiger partial charge in [-0.05, 0) is 31.2 Å². The van der Waals surface area contributed by atoms with Gasteiger partial charge in [0.05, 0.1) is 13.2 Å². The van der Waals surface area contributed by atoms with Crippen molar-refractivity contribution in [2.24, 2.45) is 0 Å². The number of H-pyrrole nitrogens is 1. The van der Waals surface area contributed by atoms with Gasteiger partial charge in [-0.25, -0.2) is 15.0 Å². The van der Waals surface area contributed by atoms with E-state index >= 15 is 0 Å². The van der Waals surface area contributed by atoms with Crippen molar-refractivity contribution in [1.29, 1.82) is 0 Å². The Bertz CT molecular complexity index is 994. The molecule has 1 fully saturated rings. The molecule has 0 radical (unpaired) electrons. The van der Waals surface area contributed by atoms with Gasteiger partial charge in [-0.15, -0.1) is 11.3 Å². The summed E-state index contributed by atoms with van der Waals surface area (Å²) in [5.41, 5.74) is 1.03. The number of nitrogens with zero attached hydrogens (tertiary/aromatic N) is 3. The van der Waals surface area contributed by atoms with Gasteiger partial charge in [0.25, 0.3) is 5.56 Å². The zero-order chi connectivity index (χ0) is 18.1. The highest BCUT2D eigenvalue weighted by Gasteiger charge is 2.20. The van der Waals surface area contributed by atoms with Gasteiger partial charge in [0.2, 0.25) is 0 Å². The predicted octanol–water partition coefficient (Wildman–Crippen LogP) is 0.958. The molecular weight excluding hydrogens is 370 g/mol. The van der Waals surface area contributed by atoms with Crippen molar-refractivity contribution < 1.29 is 9.64 Å². The van der Waals surface area contributed by atoms with Crippen LogP contribution in [0.15, 0.2) is 27.2 Å². The van der Waals surface area contributed by atoms with Crippen LogP contribution in [0.1, 0.15) is 16.3 Å². The fraction of sp³-hybridized carbons (Fsp3) is 0.412. The van der Waals surface area contributed by atoms with E-state index < -0.39 is 0 Å². The van der Waals surface area contributed by atoms with E-state index in [0.29, 0.717) is 5.16 Å². The van der Waals surface area contributed by atoms with Crippen LogP contribution >= 0.6 is 23.1 Å². The molecule has 0 aromatic carbocycles. The van der Waals surface area contributed by atoms with Crippen molar-refractivity contribution in [2.75, 3.05) is 26.3 Å². The molecule has 0 amide bonds. The molecule has 0 bridgehead atoms. The second kappa shape index (κ2) is 7.43. The summed E-state index contributed by atoms with van der Waals surface area (Å²) in [6, 6.07) is 1.41. The standard InChI is InChI=1S/C17H19N5O2S2/c1-10-11(2)25-15-14(10)16(26-17-18-4-3-13(23)21-17)20-12(19-15)9-22-5-7-24-8-6-22/h3-4H,5-9H2,1-2H3,(H,18,21,23)/p+1. The van der Waals surface area contributed by atoms with E-state index in [2.05, 4.69) is 23.8 Å². The number of fused-ring (bicyclic) bond motifs is 1. The van der Waals surface area contributed by atoms with Crippen LogP contribution in [0.25, 0.3) is 10.2 Å². The summed E-state index contributed by atoms with van der Waals surface area (Å²) < 4.78 is 5.43. The molecule has 7 nitrogen and oxygen atoms in total. The first-order chi connectivity index (χ1) is 12.6. The summed E-state index contributed by atoms with van der Waals surface area (Å²) in [6.07, 6.45) is 1.52. The Hall–Kier alpha value is -1.81. The lowest BCUT2D eigenvalue weighted by Gasteiger charge is -2.23. The maximum Gasteiger partial charge on any atom is 0.251 e. The first-order valence-electron chi connectivity index (χ1n) is 8.51. The van der Waals surface area contributed by atoms with Gasteiger partial charge in [0.1, 0.15) is 29.5 Å². The van der Waals surface area contributed by atoms with Crippen LogP contribution < -0.4 is 10.5 Å². The number of rotatable bonds is 4. The Morgan fingerprint density at radius 1 is 1.31 bits per heavy atom. The molecule has 26 heavy (non-hydrogen) atoms. The zero-order valence-electron chi connectivity index (χ0n) is 14.7. The minimum atomic E-state index is -0.163. The summed E-state index contributed by atoms with van der Waals surface area (Å²) in [4.78, 5) is 31.9. The summed E-state index contributed by atoms with van der Waals surface area (Å²) in [5.74, 6) is 0.830. The highest BCUT2D eigenvalue weighted by molar-refractivity contribution is 7.99. The number of aryl methyl sites for hydroxylation is 2. The van der Waals surface area contributed by atoms with E-state index in [4.69, 9.17) is 14.7 Å². The van der Waals surface area contributed by atoms with E-state index in [1.165, 1.54) is 39.4 Å². The molecule has 136 valence electrons. The number of aromatic amines is 1. The Labute approximate surface area is 158 Å². The van der Waals surface area contributed by atoms with Gasteiger partial charge in [-0.1, -0.05) is 0 Å². The van der Waals surface area contributed by atoms with Gasteiger partial charge in [0.15, 0.2) is 11.0 Å². The Balaban J connectivity index is 1.74. The first kappa shape index (κ1) is 17.6. The number of thiophene rings is 1. The lowest BCUT2D eigenvalue weighted by Crippen LogP contribution is -3.12. The lowest BCUT2D eigenvalue weighted by molar-refractivity contribution is -0.922. The quantitative estimate of drug-likeness (QED) is 0.510. The van der Waals surface area contributed by atoms with Gasteiger partial charge in [-0.3, -0.25) is 4.79 Å². The number of ether oxygens (including phenoxy) is 1. The van der Waals surface area contributed by atoms with Crippen LogP contribution in [-0.2, 0) is 11.3 Å². The second-order valence-electron chi connectivity index (χ2n) is 6.29. The van der Waals surface area contributed by atoms with Gasteiger partial charge >= 0.3 is 0 Å². The minimum Gasteiger partial charge on any atom is -0.370 e. The molecule has 9 heteroatoms. The lowest BCUT2D eigenvalue weighted by atomic mass is 10.2. The second-order valence-corrected chi connectivity index (χ2v) is 8.47. The number of nitrogens with one attached hydrogen (secondary N) is 2.